The molecule has 94 valence electrons. The quantitative estimate of drug-likeness (QED) is 0.786. The van der Waals surface area contributed by atoms with Gasteiger partial charge in [0.2, 0.25) is 0 Å². The van der Waals surface area contributed by atoms with Gasteiger partial charge >= 0.3 is 6.18 Å². The Morgan fingerprint density at radius 1 is 1.24 bits per heavy atom. The fraction of sp³-hybridized carbons (Fsp3) is 0.462. The van der Waals surface area contributed by atoms with Crippen molar-refractivity contribution in [1.29, 1.82) is 0 Å². The molecular formula is C13H15F3O. The number of Topliss-reactive ketones (excluding diaryl/α,β-unsaturated/α-hetero) is 1. The van der Waals surface area contributed by atoms with E-state index in [0.29, 0.717) is 6.42 Å². The van der Waals surface area contributed by atoms with Crippen molar-refractivity contribution in [3.8, 4) is 0 Å². The van der Waals surface area contributed by atoms with Crippen molar-refractivity contribution in [3.05, 3.63) is 35.4 Å². The average molecular weight is 244 g/mol. The molecule has 0 atom stereocenters. The van der Waals surface area contributed by atoms with Crippen molar-refractivity contribution in [2.45, 2.75) is 32.9 Å². The predicted octanol–water partition coefficient (Wildman–Crippen LogP) is 3.86. The summed E-state index contributed by atoms with van der Waals surface area (Å²) in [6.45, 7) is 3.74. The minimum absolute atomic E-state index is 0.0608. The number of halogens is 3. The third-order valence-corrected chi connectivity index (χ3v) is 2.35. The van der Waals surface area contributed by atoms with Crippen LogP contribution in [0.5, 0.6) is 0 Å². The van der Waals surface area contributed by atoms with Gasteiger partial charge in [0.05, 0.1) is 5.56 Å². The van der Waals surface area contributed by atoms with Gasteiger partial charge in [-0.25, -0.2) is 0 Å². The number of hydrogen-bond acceptors (Lipinski definition) is 1. The van der Waals surface area contributed by atoms with Crippen LogP contribution in [0.1, 0.15) is 31.4 Å². The number of hydrogen-bond donors (Lipinski definition) is 0. The summed E-state index contributed by atoms with van der Waals surface area (Å²) in [5, 5.41) is 0. The van der Waals surface area contributed by atoms with Crippen molar-refractivity contribution in [3.63, 3.8) is 0 Å². The monoisotopic (exact) mass is 244 g/mol. The predicted molar refractivity (Wildman–Crippen MR) is 59.6 cm³/mol. The summed E-state index contributed by atoms with van der Waals surface area (Å²) in [6, 6.07) is 5.23. The van der Waals surface area contributed by atoms with E-state index in [1.807, 2.05) is 13.8 Å². The van der Waals surface area contributed by atoms with Crippen molar-refractivity contribution in [1.82, 2.24) is 0 Å². The van der Waals surface area contributed by atoms with Crippen LogP contribution in [-0.2, 0) is 17.4 Å². The minimum atomic E-state index is -4.39. The van der Waals surface area contributed by atoms with E-state index >= 15 is 0 Å². The van der Waals surface area contributed by atoms with Gasteiger partial charge in [-0.1, -0.05) is 32.0 Å². The molecule has 0 aliphatic heterocycles. The Labute approximate surface area is 98.6 Å². The molecule has 0 radical (unpaired) electrons. The normalized spacial score (nSPS) is 11.9. The second-order valence-electron chi connectivity index (χ2n) is 4.47. The number of carbonyl (C=O) groups excluding carboxylic acids is 1. The molecule has 0 unspecified atom stereocenters. The fourth-order valence-corrected chi connectivity index (χ4v) is 1.69. The maximum Gasteiger partial charge on any atom is 0.416 e. The smallest absolute Gasteiger partial charge is 0.299 e. The Morgan fingerprint density at radius 3 is 2.35 bits per heavy atom. The lowest BCUT2D eigenvalue weighted by Crippen LogP contribution is -2.13. The maximum absolute atomic E-state index is 12.7. The summed E-state index contributed by atoms with van der Waals surface area (Å²) in [5.41, 5.74) is -0.650. The SMILES string of the molecule is CC(C)CC(=O)Cc1ccccc1C(F)(F)F. The van der Waals surface area contributed by atoms with E-state index in [9.17, 15) is 18.0 Å². The van der Waals surface area contributed by atoms with Crippen LogP contribution in [0.25, 0.3) is 0 Å². The first kappa shape index (κ1) is 13.7. The summed E-state index contributed by atoms with van der Waals surface area (Å²) >= 11 is 0. The van der Waals surface area contributed by atoms with Crippen LogP contribution in [0.15, 0.2) is 24.3 Å². The maximum atomic E-state index is 12.7. The summed E-state index contributed by atoms with van der Waals surface area (Å²) in [5.74, 6) is 0.0113. The summed E-state index contributed by atoms with van der Waals surface area (Å²) in [4.78, 5) is 11.5. The first-order valence-corrected chi connectivity index (χ1v) is 5.47. The summed E-state index contributed by atoms with van der Waals surface area (Å²) in [6.07, 6.45) is -4.23. The van der Waals surface area contributed by atoms with E-state index < -0.39 is 11.7 Å². The third kappa shape index (κ3) is 4.21. The summed E-state index contributed by atoms with van der Waals surface area (Å²) < 4.78 is 38.0. The van der Waals surface area contributed by atoms with Crippen LogP contribution >= 0.6 is 0 Å². The number of alkyl halides is 3. The first-order valence-electron chi connectivity index (χ1n) is 5.47. The van der Waals surface area contributed by atoms with Gasteiger partial charge in [0.25, 0.3) is 0 Å². The number of carbonyl (C=O) groups is 1. The molecule has 1 aromatic carbocycles. The minimum Gasteiger partial charge on any atom is -0.299 e. The average Bonchev–Trinajstić information content (AvgIpc) is 2.15. The van der Waals surface area contributed by atoms with E-state index in [-0.39, 0.29) is 23.7 Å². The fourth-order valence-electron chi connectivity index (χ4n) is 1.69. The van der Waals surface area contributed by atoms with Gasteiger partial charge in [-0.3, -0.25) is 4.79 Å². The van der Waals surface area contributed by atoms with Crippen LogP contribution in [0.2, 0.25) is 0 Å². The Hall–Kier alpha value is -1.32. The van der Waals surface area contributed by atoms with Crippen molar-refractivity contribution < 1.29 is 18.0 Å². The highest BCUT2D eigenvalue weighted by atomic mass is 19.4. The van der Waals surface area contributed by atoms with Gasteiger partial charge in [0, 0.05) is 12.8 Å². The van der Waals surface area contributed by atoms with Crippen LogP contribution in [0.4, 0.5) is 13.2 Å². The first-order chi connectivity index (χ1) is 7.80. The molecule has 1 nitrogen and oxygen atoms in total. The van der Waals surface area contributed by atoms with Crippen LogP contribution in [-0.4, -0.2) is 5.78 Å². The van der Waals surface area contributed by atoms with Crippen LogP contribution in [0, 0.1) is 5.92 Å². The highest BCUT2D eigenvalue weighted by molar-refractivity contribution is 5.81. The lowest BCUT2D eigenvalue weighted by Gasteiger charge is -2.12. The lowest BCUT2D eigenvalue weighted by molar-refractivity contribution is -0.138. The van der Waals surface area contributed by atoms with Gasteiger partial charge in [-0.05, 0) is 17.5 Å². The lowest BCUT2D eigenvalue weighted by atomic mass is 9.97. The van der Waals surface area contributed by atoms with Crippen molar-refractivity contribution >= 4 is 5.78 Å². The van der Waals surface area contributed by atoms with E-state index in [1.54, 1.807) is 0 Å². The highest BCUT2D eigenvalue weighted by Crippen LogP contribution is 2.32. The molecule has 0 spiro atoms. The van der Waals surface area contributed by atoms with Gasteiger partial charge in [-0.15, -0.1) is 0 Å². The van der Waals surface area contributed by atoms with E-state index in [1.165, 1.54) is 18.2 Å². The van der Waals surface area contributed by atoms with E-state index in [2.05, 4.69) is 0 Å². The zero-order chi connectivity index (χ0) is 13.1. The largest absolute Gasteiger partial charge is 0.416 e. The Bertz CT molecular complexity index is 394. The second-order valence-corrected chi connectivity index (χ2v) is 4.47. The van der Waals surface area contributed by atoms with Gasteiger partial charge in [-0.2, -0.15) is 13.2 Å². The second kappa shape index (κ2) is 5.34. The molecule has 0 saturated carbocycles. The third-order valence-electron chi connectivity index (χ3n) is 2.35. The molecule has 1 aromatic rings. The summed E-state index contributed by atoms with van der Waals surface area (Å²) in [7, 11) is 0. The molecule has 0 bridgehead atoms. The molecule has 0 fully saturated rings. The number of ketones is 1. The van der Waals surface area contributed by atoms with Crippen LogP contribution in [0.3, 0.4) is 0 Å². The molecular weight excluding hydrogens is 229 g/mol. The van der Waals surface area contributed by atoms with Gasteiger partial charge in [0.15, 0.2) is 0 Å². The molecule has 1 rings (SSSR count). The molecule has 0 heterocycles. The molecule has 0 saturated heterocycles. The van der Waals surface area contributed by atoms with E-state index in [0.717, 1.165) is 6.07 Å². The van der Waals surface area contributed by atoms with Crippen molar-refractivity contribution in [2.24, 2.45) is 5.92 Å². The topological polar surface area (TPSA) is 17.1 Å². The van der Waals surface area contributed by atoms with E-state index in [4.69, 9.17) is 0 Å². The van der Waals surface area contributed by atoms with Crippen LogP contribution < -0.4 is 0 Å². The standard InChI is InChI=1S/C13H15F3O/c1-9(2)7-11(17)8-10-5-3-4-6-12(10)13(14,15)16/h3-6,9H,7-8H2,1-2H3. The molecule has 0 aromatic heterocycles. The molecule has 0 N–H and O–H groups in total. The molecule has 17 heavy (non-hydrogen) atoms. The Morgan fingerprint density at radius 2 is 1.82 bits per heavy atom. The van der Waals surface area contributed by atoms with Gasteiger partial charge < -0.3 is 0 Å². The zero-order valence-corrected chi connectivity index (χ0v) is 9.84. The number of benzene rings is 1. The molecule has 0 aliphatic rings. The van der Waals surface area contributed by atoms with Gasteiger partial charge in [0.1, 0.15) is 5.78 Å². The Kier molecular flexibility index (Phi) is 4.32. The Balaban J connectivity index is 2.88. The van der Waals surface area contributed by atoms with Crippen molar-refractivity contribution in [2.75, 3.05) is 0 Å². The molecule has 4 heteroatoms. The molecule has 0 aliphatic carbocycles. The number of rotatable bonds is 4. The highest BCUT2D eigenvalue weighted by Gasteiger charge is 2.33. The molecule has 0 amide bonds. The zero-order valence-electron chi connectivity index (χ0n) is 9.84.